The Hall–Kier alpha value is -1.89. The van der Waals surface area contributed by atoms with Crippen molar-refractivity contribution < 1.29 is 4.79 Å². The molecule has 1 N–H and O–H groups in total. The van der Waals surface area contributed by atoms with Crippen LogP contribution in [0.4, 0.5) is 5.82 Å². The number of hydrogen-bond acceptors (Lipinski definition) is 3. The predicted molar refractivity (Wildman–Crippen MR) is 93.5 cm³/mol. The molecule has 1 aromatic carbocycles. The van der Waals surface area contributed by atoms with Gasteiger partial charge < -0.3 is 5.32 Å². The number of carbonyl (C=O) groups excluding carboxylic acids is 1. The molecule has 3 aromatic rings. The second kappa shape index (κ2) is 6.70. The first kappa shape index (κ1) is 16.0. The molecule has 5 nitrogen and oxygen atoms in total. The fraction of sp³-hybridized carbons (Fsp3) is 0. The summed E-state index contributed by atoms with van der Waals surface area (Å²) in [6, 6.07) is 9.95. The molecule has 0 bridgehead atoms. The van der Waals surface area contributed by atoms with Gasteiger partial charge in [0.2, 0.25) is 0 Å². The second-order valence-electron chi connectivity index (χ2n) is 4.58. The zero-order chi connectivity index (χ0) is 16.4. The number of pyridine rings is 1. The molecule has 23 heavy (non-hydrogen) atoms. The van der Waals surface area contributed by atoms with Crippen LogP contribution in [0, 0.1) is 0 Å². The van der Waals surface area contributed by atoms with E-state index in [1.54, 1.807) is 42.7 Å². The molecule has 2 aromatic heterocycles. The fourth-order valence-corrected chi connectivity index (χ4v) is 2.71. The van der Waals surface area contributed by atoms with Crippen LogP contribution in [0.5, 0.6) is 0 Å². The van der Waals surface area contributed by atoms with Crippen LogP contribution in [-0.2, 0) is 0 Å². The molecule has 0 fully saturated rings. The van der Waals surface area contributed by atoms with E-state index < -0.39 is 0 Å². The highest BCUT2D eigenvalue weighted by Gasteiger charge is 2.12. The van der Waals surface area contributed by atoms with Crippen LogP contribution in [-0.4, -0.2) is 20.7 Å². The van der Waals surface area contributed by atoms with Crippen LogP contribution < -0.4 is 5.32 Å². The van der Waals surface area contributed by atoms with Crippen LogP contribution in [0.15, 0.2) is 53.3 Å². The highest BCUT2D eigenvalue weighted by Crippen LogP contribution is 2.21. The van der Waals surface area contributed by atoms with Gasteiger partial charge in [-0.05, 0) is 46.3 Å². The Morgan fingerprint density at radius 3 is 2.52 bits per heavy atom. The molecule has 0 spiro atoms. The fourth-order valence-electron chi connectivity index (χ4n) is 1.95. The largest absolute Gasteiger partial charge is 0.306 e. The van der Waals surface area contributed by atoms with Gasteiger partial charge in [0.1, 0.15) is 5.82 Å². The summed E-state index contributed by atoms with van der Waals surface area (Å²) in [5, 5.41) is 7.73. The van der Waals surface area contributed by atoms with Crippen molar-refractivity contribution in [3.8, 4) is 5.82 Å². The van der Waals surface area contributed by atoms with Crippen LogP contribution in [0.1, 0.15) is 10.4 Å². The quantitative estimate of drug-likeness (QED) is 0.685. The smallest absolute Gasteiger partial charge is 0.256 e. The molecule has 0 saturated carbocycles. The van der Waals surface area contributed by atoms with Crippen LogP contribution in [0.2, 0.25) is 10.0 Å². The summed E-state index contributed by atoms with van der Waals surface area (Å²) in [5.41, 5.74) is 0.360. The first-order valence-corrected chi connectivity index (χ1v) is 8.01. The topological polar surface area (TPSA) is 59.8 Å². The lowest BCUT2D eigenvalue weighted by Crippen LogP contribution is -2.15. The first-order chi connectivity index (χ1) is 11.0. The molecule has 0 aliphatic heterocycles. The molecule has 8 heteroatoms. The molecule has 1 amide bonds. The Bertz CT molecular complexity index is 844. The minimum Gasteiger partial charge on any atom is -0.306 e. The molecule has 0 saturated heterocycles. The van der Waals surface area contributed by atoms with E-state index in [1.807, 2.05) is 6.07 Å². The minimum atomic E-state index is -0.340. The Morgan fingerprint density at radius 1 is 1.13 bits per heavy atom. The van der Waals surface area contributed by atoms with Gasteiger partial charge in [-0.1, -0.05) is 23.2 Å². The van der Waals surface area contributed by atoms with Crippen LogP contribution >= 0.6 is 39.1 Å². The number of benzene rings is 1. The number of nitrogens with one attached hydrogen (secondary N) is 1. The van der Waals surface area contributed by atoms with Crippen molar-refractivity contribution >= 4 is 50.9 Å². The van der Waals surface area contributed by atoms with Crippen LogP contribution in [0.3, 0.4) is 0 Å². The van der Waals surface area contributed by atoms with Gasteiger partial charge in [-0.25, -0.2) is 4.98 Å². The third kappa shape index (κ3) is 3.72. The number of rotatable bonds is 3. The maximum absolute atomic E-state index is 12.4. The Kier molecular flexibility index (Phi) is 4.66. The van der Waals surface area contributed by atoms with E-state index in [-0.39, 0.29) is 5.91 Å². The van der Waals surface area contributed by atoms with E-state index >= 15 is 0 Å². The zero-order valence-corrected chi connectivity index (χ0v) is 14.6. The van der Waals surface area contributed by atoms with Gasteiger partial charge in [-0.2, -0.15) is 9.78 Å². The molecule has 116 valence electrons. The van der Waals surface area contributed by atoms with Gasteiger partial charge in [0.25, 0.3) is 5.91 Å². The molecule has 0 radical (unpaired) electrons. The Balaban J connectivity index is 1.88. The molecule has 2 heterocycles. The monoisotopic (exact) mass is 410 g/mol. The Morgan fingerprint density at radius 2 is 1.87 bits per heavy atom. The van der Waals surface area contributed by atoms with E-state index in [9.17, 15) is 4.79 Å². The number of halogens is 3. The standard InChI is InChI=1S/C15H9BrCl2N4O/c16-10-1-2-13(19-8-10)22-14(3-4-20-22)21-15(23)9-5-11(17)7-12(18)6-9/h1-8H,(H,21,23). The predicted octanol–water partition coefficient (Wildman–Crippen LogP) is 4.59. The molecule has 0 aliphatic rings. The first-order valence-electron chi connectivity index (χ1n) is 6.46. The van der Waals surface area contributed by atoms with E-state index in [2.05, 4.69) is 31.3 Å². The lowest BCUT2D eigenvalue weighted by molar-refractivity contribution is 0.102. The molecule has 0 unspecified atom stereocenters. The number of aromatic nitrogens is 3. The highest BCUT2D eigenvalue weighted by atomic mass is 79.9. The third-order valence-electron chi connectivity index (χ3n) is 2.94. The number of amides is 1. The van der Waals surface area contributed by atoms with Gasteiger partial charge in [-0.3, -0.25) is 4.79 Å². The summed E-state index contributed by atoms with van der Waals surface area (Å²) < 4.78 is 2.38. The van der Waals surface area contributed by atoms with Gasteiger partial charge in [-0.15, -0.1) is 0 Å². The maximum atomic E-state index is 12.4. The van der Waals surface area contributed by atoms with E-state index in [4.69, 9.17) is 23.2 Å². The summed E-state index contributed by atoms with van der Waals surface area (Å²) in [4.78, 5) is 16.6. The van der Waals surface area contributed by atoms with Crippen molar-refractivity contribution in [1.29, 1.82) is 0 Å². The SMILES string of the molecule is O=C(Nc1ccnn1-c1ccc(Br)cn1)c1cc(Cl)cc(Cl)c1. The van der Waals surface area contributed by atoms with Gasteiger partial charge in [0, 0.05) is 32.3 Å². The molecular formula is C15H9BrCl2N4O. The second-order valence-corrected chi connectivity index (χ2v) is 6.36. The summed E-state index contributed by atoms with van der Waals surface area (Å²) in [6.45, 7) is 0. The van der Waals surface area contributed by atoms with E-state index in [0.29, 0.717) is 27.2 Å². The van der Waals surface area contributed by atoms with Crippen molar-refractivity contribution in [1.82, 2.24) is 14.8 Å². The van der Waals surface area contributed by atoms with Crippen molar-refractivity contribution in [3.63, 3.8) is 0 Å². The lowest BCUT2D eigenvalue weighted by atomic mass is 10.2. The maximum Gasteiger partial charge on any atom is 0.256 e. The number of carbonyl (C=O) groups is 1. The van der Waals surface area contributed by atoms with Crippen molar-refractivity contribution in [2.45, 2.75) is 0 Å². The molecule has 3 rings (SSSR count). The molecular weight excluding hydrogens is 403 g/mol. The zero-order valence-electron chi connectivity index (χ0n) is 11.5. The minimum absolute atomic E-state index is 0.340. The number of hydrogen-bond donors (Lipinski definition) is 1. The summed E-state index contributed by atoms with van der Waals surface area (Å²) >= 11 is 15.2. The van der Waals surface area contributed by atoms with Crippen molar-refractivity contribution in [3.05, 3.63) is 68.9 Å². The highest BCUT2D eigenvalue weighted by molar-refractivity contribution is 9.10. The van der Waals surface area contributed by atoms with Crippen molar-refractivity contribution in [2.24, 2.45) is 0 Å². The summed E-state index contributed by atoms with van der Waals surface area (Å²) in [7, 11) is 0. The lowest BCUT2D eigenvalue weighted by Gasteiger charge is -2.09. The van der Waals surface area contributed by atoms with E-state index in [0.717, 1.165) is 4.47 Å². The average molecular weight is 412 g/mol. The summed E-state index contributed by atoms with van der Waals surface area (Å²) in [5.74, 6) is 0.729. The number of nitrogens with zero attached hydrogens (tertiary/aromatic N) is 3. The van der Waals surface area contributed by atoms with Crippen molar-refractivity contribution in [2.75, 3.05) is 5.32 Å². The third-order valence-corrected chi connectivity index (χ3v) is 3.84. The van der Waals surface area contributed by atoms with Gasteiger partial charge in [0.05, 0.1) is 6.20 Å². The molecule has 0 aliphatic carbocycles. The van der Waals surface area contributed by atoms with E-state index in [1.165, 1.54) is 4.68 Å². The number of anilines is 1. The average Bonchev–Trinajstić information content (AvgIpc) is 2.95. The van der Waals surface area contributed by atoms with Gasteiger partial charge in [0.15, 0.2) is 5.82 Å². The Labute approximate surface area is 150 Å². The molecule has 0 atom stereocenters. The normalized spacial score (nSPS) is 10.6. The summed E-state index contributed by atoms with van der Waals surface area (Å²) in [6.07, 6.45) is 3.23. The van der Waals surface area contributed by atoms with Gasteiger partial charge >= 0.3 is 0 Å². The van der Waals surface area contributed by atoms with Crippen LogP contribution in [0.25, 0.3) is 5.82 Å².